The molecule has 0 radical (unpaired) electrons. The highest BCUT2D eigenvalue weighted by Crippen LogP contribution is 2.24. The van der Waals surface area contributed by atoms with E-state index >= 15 is 0 Å². The van der Waals surface area contributed by atoms with Gasteiger partial charge in [0.05, 0.1) is 12.7 Å². The van der Waals surface area contributed by atoms with Crippen LogP contribution in [-0.4, -0.2) is 60.8 Å². The van der Waals surface area contributed by atoms with Crippen LogP contribution < -0.4 is 0 Å². The van der Waals surface area contributed by atoms with Gasteiger partial charge < -0.3 is 4.74 Å². The van der Waals surface area contributed by atoms with Gasteiger partial charge in [0.1, 0.15) is 0 Å². The summed E-state index contributed by atoms with van der Waals surface area (Å²) < 4.78 is 5.70. The molecule has 2 aliphatic rings. The van der Waals surface area contributed by atoms with Crippen LogP contribution >= 0.6 is 0 Å². The topological polar surface area (TPSA) is 15.7 Å². The van der Waals surface area contributed by atoms with Crippen molar-refractivity contribution < 1.29 is 4.74 Å². The number of fused-ring (bicyclic) bond motifs is 1. The van der Waals surface area contributed by atoms with Crippen LogP contribution in [0.5, 0.6) is 0 Å². The largest absolute Gasteiger partial charge is 0.373 e. The Balaban J connectivity index is 1.82. The molecule has 18 heavy (non-hydrogen) atoms. The smallest absolute Gasteiger partial charge is 0.0678 e. The molecule has 2 saturated heterocycles. The Hall–Kier alpha value is -0.380. The van der Waals surface area contributed by atoms with Crippen molar-refractivity contribution in [3.05, 3.63) is 12.7 Å². The van der Waals surface area contributed by atoms with Gasteiger partial charge in [-0.25, -0.2) is 0 Å². The number of hydrogen-bond donors (Lipinski definition) is 0. The highest BCUT2D eigenvalue weighted by molar-refractivity contribution is 4.89. The van der Waals surface area contributed by atoms with Gasteiger partial charge in [-0.05, 0) is 33.2 Å². The molecule has 0 aromatic carbocycles. The number of hydrogen-bond acceptors (Lipinski definition) is 3. The van der Waals surface area contributed by atoms with Gasteiger partial charge >= 0.3 is 0 Å². The van der Waals surface area contributed by atoms with Crippen molar-refractivity contribution in [3.63, 3.8) is 0 Å². The minimum Gasteiger partial charge on any atom is -0.373 e. The number of ether oxygens (including phenoxy) is 1. The van der Waals surface area contributed by atoms with Crippen molar-refractivity contribution in [3.8, 4) is 0 Å². The van der Waals surface area contributed by atoms with Crippen LogP contribution in [0, 0.1) is 0 Å². The van der Waals surface area contributed by atoms with Crippen LogP contribution in [0.1, 0.15) is 33.1 Å². The molecule has 0 spiro atoms. The summed E-state index contributed by atoms with van der Waals surface area (Å²) in [6, 6.07) is 1.45. The van der Waals surface area contributed by atoms with Crippen molar-refractivity contribution in [2.75, 3.05) is 32.8 Å². The van der Waals surface area contributed by atoms with Gasteiger partial charge in [0.15, 0.2) is 0 Å². The molecule has 0 bridgehead atoms. The molecule has 0 aliphatic carbocycles. The zero-order chi connectivity index (χ0) is 13.0. The second kappa shape index (κ2) is 6.69. The zero-order valence-corrected chi connectivity index (χ0v) is 12.0. The van der Waals surface area contributed by atoms with E-state index in [0.717, 1.165) is 12.6 Å². The van der Waals surface area contributed by atoms with Gasteiger partial charge in [-0.1, -0.05) is 12.5 Å². The third kappa shape index (κ3) is 3.56. The predicted molar refractivity (Wildman–Crippen MR) is 75.9 cm³/mol. The number of piperidine rings is 1. The minimum atomic E-state index is 0.306. The van der Waals surface area contributed by atoms with Crippen molar-refractivity contribution in [2.45, 2.75) is 51.3 Å². The van der Waals surface area contributed by atoms with Crippen molar-refractivity contribution in [2.24, 2.45) is 0 Å². The van der Waals surface area contributed by atoms with Gasteiger partial charge in [0.2, 0.25) is 0 Å². The average molecular weight is 252 g/mol. The molecular weight excluding hydrogens is 224 g/mol. The number of rotatable bonds is 5. The first-order valence-electron chi connectivity index (χ1n) is 7.41. The van der Waals surface area contributed by atoms with E-state index in [1.54, 1.807) is 0 Å². The van der Waals surface area contributed by atoms with Crippen molar-refractivity contribution in [1.29, 1.82) is 0 Å². The second-order valence-electron chi connectivity index (χ2n) is 5.88. The summed E-state index contributed by atoms with van der Waals surface area (Å²) in [5.41, 5.74) is 0. The van der Waals surface area contributed by atoms with E-state index in [0.29, 0.717) is 18.8 Å². The van der Waals surface area contributed by atoms with E-state index in [-0.39, 0.29) is 0 Å². The highest BCUT2D eigenvalue weighted by atomic mass is 16.5. The minimum absolute atomic E-state index is 0.306. The maximum atomic E-state index is 5.70. The summed E-state index contributed by atoms with van der Waals surface area (Å²) in [5, 5.41) is 0. The van der Waals surface area contributed by atoms with Crippen LogP contribution in [0.25, 0.3) is 0 Å². The molecule has 2 rings (SSSR count). The normalized spacial score (nSPS) is 31.9. The first kappa shape index (κ1) is 14.0. The summed E-state index contributed by atoms with van der Waals surface area (Å²) in [4.78, 5) is 5.31. The van der Waals surface area contributed by atoms with E-state index in [1.807, 2.05) is 6.08 Å². The standard InChI is InChI=1S/C15H28N2O/c1-4-9-18-14(3)11-17-12-15-7-5-6-8-16(15)10-13(17)2/h4,13-15H,1,5-12H2,2-3H3. The van der Waals surface area contributed by atoms with Crippen LogP contribution in [-0.2, 0) is 4.74 Å². The predicted octanol–water partition coefficient (Wildman–Crippen LogP) is 2.14. The molecule has 0 aromatic rings. The Morgan fingerprint density at radius 1 is 1.39 bits per heavy atom. The van der Waals surface area contributed by atoms with Crippen LogP contribution in [0.15, 0.2) is 12.7 Å². The first-order valence-corrected chi connectivity index (χ1v) is 7.41. The molecule has 3 heteroatoms. The Bertz CT molecular complexity index is 269. The molecule has 2 fully saturated rings. The maximum absolute atomic E-state index is 5.70. The lowest BCUT2D eigenvalue weighted by molar-refractivity contribution is -0.0181. The summed E-state index contributed by atoms with van der Waals surface area (Å²) in [6.45, 7) is 13.7. The van der Waals surface area contributed by atoms with Crippen LogP contribution in [0.4, 0.5) is 0 Å². The lowest BCUT2D eigenvalue weighted by Crippen LogP contribution is -2.59. The molecule has 2 heterocycles. The first-order chi connectivity index (χ1) is 8.70. The molecule has 0 aromatic heterocycles. The second-order valence-corrected chi connectivity index (χ2v) is 5.88. The Labute approximate surface area is 112 Å². The summed E-state index contributed by atoms with van der Waals surface area (Å²) in [5.74, 6) is 0. The molecule has 104 valence electrons. The van der Waals surface area contributed by atoms with Gasteiger partial charge in [-0.15, -0.1) is 6.58 Å². The van der Waals surface area contributed by atoms with E-state index in [2.05, 4.69) is 30.2 Å². The average Bonchev–Trinajstić information content (AvgIpc) is 2.37. The van der Waals surface area contributed by atoms with E-state index in [4.69, 9.17) is 4.74 Å². The number of nitrogens with zero attached hydrogens (tertiary/aromatic N) is 2. The zero-order valence-electron chi connectivity index (χ0n) is 12.0. The van der Waals surface area contributed by atoms with E-state index in [9.17, 15) is 0 Å². The third-order valence-corrected chi connectivity index (χ3v) is 4.31. The van der Waals surface area contributed by atoms with Crippen LogP contribution in [0.3, 0.4) is 0 Å². The fourth-order valence-electron chi connectivity index (χ4n) is 3.28. The summed E-state index contributed by atoms with van der Waals surface area (Å²) in [7, 11) is 0. The Morgan fingerprint density at radius 2 is 2.22 bits per heavy atom. The lowest BCUT2D eigenvalue weighted by Gasteiger charge is -2.48. The van der Waals surface area contributed by atoms with E-state index < -0.39 is 0 Å². The van der Waals surface area contributed by atoms with Gasteiger partial charge in [0, 0.05) is 31.7 Å². The van der Waals surface area contributed by atoms with Gasteiger partial charge in [-0.3, -0.25) is 9.80 Å². The van der Waals surface area contributed by atoms with Crippen LogP contribution in [0.2, 0.25) is 0 Å². The molecule has 3 atom stereocenters. The molecular formula is C15H28N2O. The SMILES string of the molecule is C=CCOC(C)CN1CC2CCCCN2CC1C. The van der Waals surface area contributed by atoms with Crippen molar-refractivity contribution in [1.82, 2.24) is 9.80 Å². The summed E-state index contributed by atoms with van der Waals surface area (Å²) >= 11 is 0. The monoisotopic (exact) mass is 252 g/mol. The maximum Gasteiger partial charge on any atom is 0.0678 e. The molecule has 3 nitrogen and oxygen atoms in total. The molecule has 0 saturated carbocycles. The fourth-order valence-corrected chi connectivity index (χ4v) is 3.28. The fraction of sp³-hybridized carbons (Fsp3) is 0.867. The number of piperazine rings is 1. The Morgan fingerprint density at radius 3 is 3.00 bits per heavy atom. The quantitative estimate of drug-likeness (QED) is 0.697. The molecule has 0 amide bonds. The van der Waals surface area contributed by atoms with Gasteiger partial charge in [0.25, 0.3) is 0 Å². The summed E-state index contributed by atoms with van der Waals surface area (Å²) in [6.07, 6.45) is 6.32. The molecule has 3 unspecified atom stereocenters. The van der Waals surface area contributed by atoms with E-state index in [1.165, 1.54) is 38.9 Å². The third-order valence-electron chi connectivity index (χ3n) is 4.31. The molecule has 0 N–H and O–H groups in total. The highest BCUT2D eigenvalue weighted by Gasteiger charge is 2.33. The van der Waals surface area contributed by atoms with Gasteiger partial charge in [-0.2, -0.15) is 0 Å². The Kier molecular flexibility index (Phi) is 5.22. The lowest BCUT2D eigenvalue weighted by atomic mass is 9.97. The molecule has 2 aliphatic heterocycles. The van der Waals surface area contributed by atoms with Crippen molar-refractivity contribution >= 4 is 0 Å².